The van der Waals surface area contributed by atoms with Gasteiger partial charge in [-0.15, -0.1) is 0 Å². The second kappa shape index (κ2) is 4.60. The third-order valence-electron chi connectivity index (χ3n) is 4.52. The first kappa shape index (κ1) is 12.4. The van der Waals surface area contributed by atoms with Gasteiger partial charge in [-0.2, -0.15) is 0 Å². The summed E-state index contributed by atoms with van der Waals surface area (Å²) in [7, 11) is 0. The maximum absolute atomic E-state index is 2.27. The van der Waals surface area contributed by atoms with Crippen LogP contribution in [0.2, 0.25) is 0 Å². The van der Waals surface area contributed by atoms with E-state index in [9.17, 15) is 0 Å². The average molecular weight is 270 g/mol. The Morgan fingerprint density at radius 1 is 0.667 bits per heavy atom. The van der Waals surface area contributed by atoms with Crippen LogP contribution in [0.1, 0.15) is 22.3 Å². The van der Waals surface area contributed by atoms with E-state index in [-0.39, 0.29) is 0 Å². The standard InChI is InChI=1S/C21H18/c1-14-10-11-17(15(2)12-14)19-8-5-9-20-18-7-4-3-6-16(18)13-21(19)20/h3-12H,13H2,1-2H3. The minimum atomic E-state index is 1.05. The minimum Gasteiger partial charge on any atom is -0.0619 e. The Hall–Kier alpha value is -2.34. The molecular weight excluding hydrogens is 252 g/mol. The zero-order chi connectivity index (χ0) is 14.4. The van der Waals surface area contributed by atoms with Crippen molar-refractivity contribution in [1.29, 1.82) is 0 Å². The topological polar surface area (TPSA) is 0 Å². The molecule has 0 aromatic heterocycles. The van der Waals surface area contributed by atoms with E-state index in [4.69, 9.17) is 0 Å². The second-order valence-electron chi connectivity index (χ2n) is 5.98. The maximum atomic E-state index is 2.27. The highest BCUT2D eigenvalue weighted by Gasteiger charge is 2.21. The molecule has 0 saturated carbocycles. The number of hydrogen-bond acceptors (Lipinski definition) is 0. The molecule has 0 saturated heterocycles. The monoisotopic (exact) mass is 270 g/mol. The molecule has 0 N–H and O–H groups in total. The van der Waals surface area contributed by atoms with Crippen LogP contribution >= 0.6 is 0 Å². The van der Waals surface area contributed by atoms with Gasteiger partial charge in [-0.05, 0) is 59.2 Å². The summed E-state index contributed by atoms with van der Waals surface area (Å²) in [5.74, 6) is 0. The Labute approximate surface area is 126 Å². The average Bonchev–Trinajstić information content (AvgIpc) is 2.86. The lowest BCUT2D eigenvalue weighted by molar-refractivity contribution is 1.26. The van der Waals surface area contributed by atoms with Gasteiger partial charge in [0.2, 0.25) is 0 Å². The van der Waals surface area contributed by atoms with Gasteiger partial charge in [0.25, 0.3) is 0 Å². The molecule has 0 unspecified atom stereocenters. The van der Waals surface area contributed by atoms with Crippen LogP contribution in [-0.2, 0) is 6.42 Å². The van der Waals surface area contributed by atoms with Crippen LogP contribution in [0.15, 0.2) is 60.7 Å². The highest BCUT2D eigenvalue weighted by atomic mass is 14.2. The molecule has 0 atom stereocenters. The first-order chi connectivity index (χ1) is 10.2. The van der Waals surface area contributed by atoms with Crippen molar-refractivity contribution >= 4 is 0 Å². The van der Waals surface area contributed by atoms with Gasteiger partial charge in [0.05, 0.1) is 0 Å². The highest BCUT2D eigenvalue weighted by molar-refractivity contribution is 5.85. The summed E-state index contributed by atoms with van der Waals surface area (Å²) in [4.78, 5) is 0. The summed E-state index contributed by atoms with van der Waals surface area (Å²) < 4.78 is 0. The molecule has 0 spiro atoms. The first-order valence-corrected chi connectivity index (χ1v) is 7.52. The molecule has 0 radical (unpaired) electrons. The zero-order valence-electron chi connectivity index (χ0n) is 12.5. The van der Waals surface area contributed by atoms with Crippen LogP contribution in [0.25, 0.3) is 22.3 Å². The van der Waals surface area contributed by atoms with Crippen molar-refractivity contribution in [3.05, 3.63) is 82.9 Å². The molecule has 1 aliphatic rings. The van der Waals surface area contributed by atoms with Crippen LogP contribution in [0, 0.1) is 13.8 Å². The summed E-state index contributed by atoms with van der Waals surface area (Å²) in [6.07, 6.45) is 1.05. The maximum Gasteiger partial charge on any atom is -0.000728 e. The number of hydrogen-bond donors (Lipinski definition) is 0. The van der Waals surface area contributed by atoms with Gasteiger partial charge in [-0.25, -0.2) is 0 Å². The van der Waals surface area contributed by atoms with Crippen molar-refractivity contribution in [2.24, 2.45) is 0 Å². The molecule has 4 rings (SSSR count). The van der Waals surface area contributed by atoms with E-state index in [1.807, 2.05) is 0 Å². The lowest BCUT2D eigenvalue weighted by Crippen LogP contribution is -1.91. The summed E-state index contributed by atoms with van der Waals surface area (Å²) in [5.41, 5.74) is 11.2. The third-order valence-corrected chi connectivity index (χ3v) is 4.52. The van der Waals surface area contributed by atoms with Crippen LogP contribution in [0.4, 0.5) is 0 Å². The molecule has 0 aliphatic heterocycles. The largest absolute Gasteiger partial charge is 0.0619 e. The van der Waals surface area contributed by atoms with Crippen LogP contribution in [0.3, 0.4) is 0 Å². The number of rotatable bonds is 1. The smallest absolute Gasteiger partial charge is 0.000728 e. The summed E-state index contributed by atoms with van der Waals surface area (Å²) in [5, 5.41) is 0. The number of fused-ring (bicyclic) bond motifs is 3. The van der Waals surface area contributed by atoms with Crippen LogP contribution in [-0.4, -0.2) is 0 Å². The third kappa shape index (κ3) is 1.91. The van der Waals surface area contributed by atoms with Crippen molar-refractivity contribution in [1.82, 2.24) is 0 Å². The Kier molecular flexibility index (Phi) is 2.71. The van der Waals surface area contributed by atoms with Gasteiger partial charge in [0.1, 0.15) is 0 Å². The Bertz CT molecular complexity index is 840. The second-order valence-corrected chi connectivity index (χ2v) is 5.98. The van der Waals surface area contributed by atoms with Crippen molar-refractivity contribution in [3.63, 3.8) is 0 Å². The number of benzene rings is 3. The van der Waals surface area contributed by atoms with Crippen LogP contribution in [0.5, 0.6) is 0 Å². The molecule has 102 valence electrons. The fraction of sp³-hybridized carbons (Fsp3) is 0.143. The Balaban J connectivity index is 1.94. The predicted molar refractivity (Wildman–Crippen MR) is 89.6 cm³/mol. The van der Waals surface area contributed by atoms with Crippen LogP contribution < -0.4 is 0 Å². The van der Waals surface area contributed by atoms with E-state index in [2.05, 4.69) is 74.5 Å². The van der Waals surface area contributed by atoms with Crippen molar-refractivity contribution in [2.45, 2.75) is 20.3 Å². The van der Waals surface area contributed by atoms with Gasteiger partial charge < -0.3 is 0 Å². The van der Waals surface area contributed by atoms with Crippen molar-refractivity contribution in [2.75, 3.05) is 0 Å². The zero-order valence-corrected chi connectivity index (χ0v) is 12.5. The predicted octanol–water partition coefficient (Wildman–Crippen LogP) is 5.54. The normalized spacial score (nSPS) is 12.1. The van der Waals surface area contributed by atoms with Crippen molar-refractivity contribution < 1.29 is 0 Å². The number of aryl methyl sites for hydroxylation is 2. The van der Waals surface area contributed by atoms with E-state index in [1.54, 1.807) is 0 Å². The summed E-state index contributed by atoms with van der Waals surface area (Å²) in [6, 6.07) is 22.2. The fourth-order valence-corrected chi connectivity index (χ4v) is 3.53. The molecule has 0 heterocycles. The van der Waals surface area contributed by atoms with E-state index < -0.39 is 0 Å². The molecule has 0 heteroatoms. The van der Waals surface area contributed by atoms with Gasteiger partial charge >= 0.3 is 0 Å². The van der Waals surface area contributed by atoms with E-state index in [0.29, 0.717) is 0 Å². The van der Waals surface area contributed by atoms with Gasteiger partial charge in [0, 0.05) is 0 Å². The lowest BCUT2D eigenvalue weighted by Gasteiger charge is -2.12. The molecule has 0 amide bonds. The molecule has 0 fully saturated rings. The highest BCUT2D eigenvalue weighted by Crippen LogP contribution is 2.42. The minimum absolute atomic E-state index is 1.05. The molecular formula is C21H18. The van der Waals surface area contributed by atoms with Crippen molar-refractivity contribution in [3.8, 4) is 22.3 Å². The van der Waals surface area contributed by atoms with E-state index >= 15 is 0 Å². The fourth-order valence-electron chi connectivity index (χ4n) is 3.53. The molecule has 21 heavy (non-hydrogen) atoms. The lowest BCUT2D eigenvalue weighted by atomic mass is 9.92. The van der Waals surface area contributed by atoms with Gasteiger partial charge in [0.15, 0.2) is 0 Å². The molecule has 3 aromatic rings. The molecule has 1 aliphatic carbocycles. The van der Waals surface area contributed by atoms with E-state index in [0.717, 1.165) is 6.42 Å². The van der Waals surface area contributed by atoms with Gasteiger partial charge in [-0.1, -0.05) is 66.2 Å². The summed E-state index contributed by atoms with van der Waals surface area (Å²) in [6.45, 7) is 4.37. The van der Waals surface area contributed by atoms with E-state index in [1.165, 1.54) is 44.5 Å². The quantitative estimate of drug-likeness (QED) is 0.426. The first-order valence-electron chi connectivity index (χ1n) is 7.52. The molecule has 0 bridgehead atoms. The molecule has 0 nitrogen and oxygen atoms in total. The van der Waals surface area contributed by atoms with Gasteiger partial charge in [-0.3, -0.25) is 0 Å². The summed E-state index contributed by atoms with van der Waals surface area (Å²) >= 11 is 0. The Morgan fingerprint density at radius 2 is 1.38 bits per heavy atom. The SMILES string of the molecule is Cc1ccc(-c2cccc3c2Cc2ccccc2-3)c(C)c1. The molecule has 3 aromatic carbocycles. The Morgan fingerprint density at radius 3 is 2.19 bits per heavy atom.